The SMILES string of the molecule is COc1ccc([C@H]2CCOC(=O)N2)cc1O.Cl. The first-order chi connectivity index (χ1) is 7.70. The van der Waals surface area contributed by atoms with E-state index in [0.717, 1.165) is 5.56 Å². The number of aromatic hydroxyl groups is 1. The first-order valence-corrected chi connectivity index (χ1v) is 5.01. The maximum atomic E-state index is 11.0. The molecule has 5 nitrogen and oxygen atoms in total. The highest BCUT2D eigenvalue weighted by atomic mass is 35.5. The van der Waals surface area contributed by atoms with Crippen LogP contribution in [0.3, 0.4) is 0 Å². The Balaban J connectivity index is 0.00000144. The Morgan fingerprint density at radius 3 is 2.88 bits per heavy atom. The largest absolute Gasteiger partial charge is 0.504 e. The zero-order valence-electron chi connectivity index (χ0n) is 9.30. The molecule has 2 rings (SSSR count). The van der Waals surface area contributed by atoms with Crippen LogP contribution in [0.1, 0.15) is 18.0 Å². The molecular formula is C11H14ClNO4. The number of methoxy groups -OCH3 is 1. The van der Waals surface area contributed by atoms with Crippen molar-refractivity contribution >= 4 is 18.5 Å². The molecule has 0 radical (unpaired) electrons. The van der Waals surface area contributed by atoms with Crippen LogP contribution in [-0.4, -0.2) is 24.9 Å². The molecule has 6 heteroatoms. The van der Waals surface area contributed by atoms with Gasteiger partial charge in [-0.3, -0.25) is 0 Å². The lowest BCUT2D eigenvalue weighted by molar-refractivity contribution is 0.115. The molecule has 0 bridgehead atoms. The quantitative estimate of drug-likeness (QED) is 0.852. The van der Waals surface area contributed by atoms with E-state index in [9.17, 15) is 9.90 Å². The van der Waals surface area contributed by atoms with Crippen LogP contribution in [-0.2, 0) is 4.74 Å². The third-order valence-electron chi connectivity index (χ3n) is 2.54. The van der Waals surface area contributed by atoms with Crippen LogP contribution in [0.4, 0.5) is 4.79 Å². The van der Waals surface area contributed by atoms with E-state index >= 15 is 0 Å². The summed E-state index contributed by atoms with van der Waals surface area (Å²) in [6, 6.07) is 4.97. The van der Waals surface area contributed by atoms with Crippen LogP contribution in [0, 0.1) is 0 Å². The van der Waals surface area contributed by atoms with E-state index in [-0.39, 0.29) is 24.2 Å². The number of benzene rings is 1. The van der Waals surface area contributed by atoms with E-state index in [0.29, 0.717) is 18.8 Å². The van der Waals surface area contributed by atoms with Gasteiger partial charge in [-0.25, -0.2) is 4.79 Å². The normalized spacial score (nSPS) is 18.6. The van der Waals surface area contributed by atoms with E-state index in [1.165, 1.54) is 7.11 Å². The minimum absolute atomic E-state index is 0. The third kappa shape index (κ3) is 2.94. The number of phenolic OH excluding ortho intramolecular Hbond substituents is 1. The molecule has 0 spiro atoms. The van der Waals surface area contributed by atoms with Crippen LogP contribution in [0.2, 0.25) is 0 Å². The number of carbonyl (C=O) groups is 1. The molecule has 1 aromatic rings. The maximum absolute atomic E-state index is 11.0. The van der Waals surface area contributed by atoms with Gasteiger partial charge < -0.3 is 19.9 Å². The van der Waals surface area contributed by atoms with E-state index in [1.807, 2.05) is 6.07 Å². The van der Waals surface area contributed by atoms with Gasteiger partial charge in [-0.05, 0) is 17.7 Å². The summed E-state index contributed by atoms with van der Waals surface area (Å²) in [6.45, 7) is 0.392. The maximum Gasteiger partial charge on any atom is 0.407 e. The number of ether oxygens (including phenoxy) is 2. The third-order valence-corrected chi connectivity index (χ3v) is 2.54. The van der Waals surface area contributed by atoms with Crippen LogP contribution in [0.5, 0.6) is 11.5 Å². The lowest BCUT2D eigenvalue weighted by atomic mass is 10.0. The molecule has 1 atom stereocenters. The van der Waals surface area contributed by atoms with Gasteiger partial charge in [0, 0.05) is 6.42 Å². The Kier molecular flexibility index (Phi) is 4.45. The fourth-order valence-electron chi connectivity index (χ4n) is 1.70. The van der Waals surface area contributed by atoms with Gasteiger partial charge in [-0.15, -0.1) is 12.4 Å². The fourth-order valence-corrected chi connectivity index (χ4v) is 1.70. The highest BCUT2D eigenvalue weighted by Gasteiger charge is 2.21. The average molecular weight is 260 g/mol. The van der Waals surface area contributed by atoms with Crippen molar-refractivity contribution in [2.24, 2.45) is 0 Å². The highest BCUT2D eigenvalue weighted by molar-refractivity contribution is 5.85. The zero-order chi connectivity index (χ0) is 11.5. The highest BCUT2D eigenvalue weighted by Crippen LogP contribution is 2.30. The second-order valence-electron chi connectivity index (χ2n) is 3.55. The van der Waals surface area contributed by atoms with E-state index in [1.54, 1.807) is 12.1 Å². The van der Waals surface area contributed by atoms with Crippen molar-refractivity contribution in [2.75, 3.05) is 13.7 Å². The first kappa shape index (κ1) is 13.4. The van der Waals surface area contributed by atoms with Gasteiger partial charge in [0.2, 0.25) is 0 Å². The summed E-state index contributed by atoms with van der Waals surface area (Å²) in [4.78, 5) is 11.0. The summed E-state index contributed by atoms with van der Waals surface area (Å²) in [5.41, 5.74) is 0.843. The number of hydrogen-bond acceptors (Lipinski definition) is 4. The van der Waals surface area contributed by atoms with Crippen molar-refractivity contribution in [1.29, 1.82) is 0 Å². The molecule has 1 heterocycles. The minimum Gasteiger partial charge on any atom is -0.504 e. The van der Waals surface area contributed by atoms with Gasteiger partial charge in [-0.2, -0.15) is 0 Å². The topological polar surface area (TPSA) is 67.8 Å². The molecule has 1 aromatic carbocycles. The predicted octanol–water partition coefficient (Wildman–Crippen LogP) is 1.99. The number of phenols is 1. The molecular weight excluding hydrogens is 246 g/mol. The van der Waals surface area contributed by atoms with Crippen molar-refractivity contribution in [3.8, 4) is 11.5 Å². The number of rotatable bonds is 2. The molecule has 0 aromatic heterocycles. The molecule has 1 saturated heterocycles. The Morgan fingerprint density at radius 2 is 2.29 bits per heavy atom. The predicted molar refractivity (Wildman–Crippen MR) is 63.7 cm³/mol. The molecule has 1 fully saturated rings. The summed E-state index contributed by atoms with van der Waals surface area (Å²) < 4.78 is 9.71. The van der Waals surface area contributed by atoms with Crippen LogP contribution in [0.15, 0.2) is 18.2 Å². The Labute approximate surface area is 105 Å². The Hall–Kier alpha value is -1.62. The summed E-state index contributed by atoms with van der Waals surface area (Å²) in [5, 5.41) is 12.3. The van der Waals surface area contributed by atoms with Crippen LogP contribution in [0.25, 0.3) is 0 Å². The van der Waals surface area contributed by atoms with Gasteiger partial charge in [0.25, 0.3) is 0 Å². The fraction of sp³-hybridized carbons (Fsp3) is 0.364. The number of amides is 1. The minimum atomic E-state index is -0.424. The smallest absolute Gasteiger partial charge is 0.407 e. The van der Waals surface area contributed by atoms with Crippen molar-refractivity contribution in [3.63, 3.8) is 0 Å². The Morgan fingerprint density at radius 1 is 1.53 bits per heavy atom. The number of carbonyl (C=O) groups excluding carboxylic acids is 1. The van der Waals surface area contributed by atoms with Gasteiger partial charge in [-0.1, -0.05) is 6.07 Å². The van der Waals surface area contributed by atoms with Crippen LogP contribution < -0.4 is 10.1 Å². The molecule has 1 amide bonds. The van der Waals surface area contributed by atoms with Gasteiger partial charge >= 0.3 is 6.09 Å². The summed E-state index contributed by atoms with van der Waals surface area (Å²) in [5.74, 6) is 0.489. The monoisotopic (exact) mass is 259 g/mol. The average Bonchev–Trinajstić information content (AvgIpc) is 2.29. The van der Waals surface area contributed by atoms with E-state index in [4.69, 9.17) is 9.47 Å². The summed E-state index contributed by atoms with van der Waals surface area (Å²) in [7, 11) is 1.49. The molecule has 0 aliphatic carbocycles. The molecule has 1 aliphatic heterocycles. The molecule has 1 aliphatic rings. The molecule has 0 saturated carbocycles. The number of halogens is 1. The summed E-state index contributed by atoms with van der Waals surface area (Å²) >= 11 is 0. The number of nitrogens with one attached hydrogen (secondary N) is 1. The van der Waals surface area contributed by atoms with Gasteiger partial charge in [0.15, 0.2) is 11.5 Å². The number of hydrogen-bond donors (Lipinski definition) is 2. The molecule has 94 valence electrons. The van der Waals surface area contributed by atoms with Crippen molar-refractivity contribution in [2.45, 2.75) is 12.5 Å². The summed E-state index contributed by atoms with van der Waals surface area (Å²) in [6.07, 6.45) is 0.267. The zero-order valence-corrected chi connectivity index (χ0v) is 10.1. The van der Waals surface area contributed by atoms with Crippen LogP contribution >= 0.6 is 12.4 Å². The number of cyclic esters (lactones) is 1. The number of alkyl carbamates (subject to hydrolysis) is 1. The van der Waals surface area contributed by atoms with E-state index < -0.39 is 6.09 Å². The van der Waals surface area contributed by atoms with Crippen molar-refractivity contribution < 1.29 is 19.4 Å². The Bertz CT molecular complexity index is 410. The van der Waals surface area contributed by atoms with Gasteiger partial charge in [0.05, 0.1) is 19.8 Å². The standard InChI is InChI=1S/C11H13NO4.ClH/c1-15-10-3-2-7(6-9(10)13)8-4-5-16-11(14)12-8;/h2-3,6,8,13H,4-5H2,1H3,(H,12,14);1H/t8-;/m1./s1. The lowest BCUT2D eigenvalue weighted by Crippen LogP contribution is -2.35. The lowest BCUT2D eigenvalue weighted by Gasteiger charge is -2.23. The molecule has 2 N–H and O–H groups in total. The molecule has 17 heavy (non-hydrogen) atoms. The molecule has 0 unspecified atom stereocenters. The van der Waals surface area contributed by atoms with Crippen molar-refractivity contribution in [3.05, 3.63) is 23.8 Å². The first-order valence-electron chi connectivity index (χ1n) is 5.01. The van der Waals surface area contributed by atoms with E-state index in [2.05, 4.69) is 5.32 Å². The van der Waals surface area contributed by atoms with Crippen molar-refractivity contribution in [1.82, 2.24) is 5.32 Å². The second-order valence-corrected chi connectivity index (χ2v) is 3.55. The van der Waals surface area contributed by atoms with Gasteiger partial charge in [0.1, 0.15) is 0 Å². The second kappa shape index (κ2) is 5.63.